The molecule has 7 nitrogen and oxygen atoms in total. The summed E-state index contributed by atoms with van der Waals surface area (Å²) in [6.45, 7) is 5.03. The van der Waals surface area contributed by atoms with Crippen molar-refractivity contribution < 1.29 is 18.9 Å². The van der Waals surface area contributed by atoms with E-state index in [9.17, 15) is 0 Å². The highest BCUT2D eigenvalue weighted by Crippen LogP contribution is 2.32. The second-order valence-corrected chi connectivity index (χ2v) is 5.68. The zero-order valence-corrected chi connectivity index (χ0v) is 13.3. The van der Waals surface area contributed by atoms with E-state index in [0.29, 0.717) is 45.4 Å². The van der Waals surface area contributed by atoms with Crippen LogP contribution in [0.15, 0.2) is 23.2 Å². The van der Waals surface area contributed by atoms with Crippen molar-refractivity contribution in [1.29, 1.82) is 0 Å². The van der Waals surface area contributed by atoms with Crippen molar-refractivity contribution in [3.8, 4) is 11.5 Å². The minimum atomic E-state index is -0.543. The van der Waals surface area contributed by atoms with E-state index in [4.69, 9.17) is 24.7 Å². The Morgan fingerprint density at radius 2 is 1.91 bits per heavy atom. The van der Waals surface area contributed by atoms with Gasteiger partial charge in [-0.25, -0.2) is 0 Å². The van der Waals surface area contributed by atoms with Crippen molar-refractivity contribution in [3.63, 3.8) is 0 Å². The van der Waals surface area contributed by atoms with E-state index in [2.05, 4.69) is 10.3 Å². The lowest BCUT2D eigenvalue weighted by Gasteiger charge is -2.20. The number of anilines is 1. The Morgan fingerprint density at radius 1 is 1.17 bits per heavy atom. The van der Waals surface area contributed by atoms with Crippen LogP contribution >= 0.6 is 0 Å². The first-order chi connectivity index (χ1) is 11.1. The van der Waals surface area contributed by atoms with Gasteiger partial charge in [-0.1, -0.05) is 0 Å². The number of fused-ring (bicyclic) bond motifs is 1. The van der Waals surface area contributed by atoms with Crippen molar-refractivity contribution in [2.75, 3.05) is 38.3 Å². The van der Waals surface area contributed by atoms with Gasteiger partial charge in [-0.3, -0.25) is 4.99 Å². The number of benzene rings is 1. The quantitative estimate of drug-likeness (QED) is 0.649. The molecule has 3 rings (SSSR count). The number of nitrogens with two attached hydrogens (primary N) is 1. The van der Waals surface area contributed by atoms with Crippen LogP contribution in [-0.2, 0) is 9.47 Å². The summed E-state index contributed by atoms with van der Waals surface area (Å²) in [6.07, 6.45) is 1.54. The summed E-state index contributed by atoms with van der Waals surface area (Å²) >= 11 is 0. The lowest BCUT2D eigenvalue weighted by Crippen LogP contribution is -2.28. The van der Waals surface area contributed by atoms with Crippen LogP contribution in [0.4, 0.5) is 5.69 Å². The Kier molecular flexibility index (Phi) is 4.88. The van der Waals surface area contributed by atoms with Crippen molar-refractivity contribution in [2.45, 2.75) is 25.6 Å². The number of nitrogens with one attached hydrogen (secondary N) is 1. The number of rotatable bonds is 4. The Balaban J connectivity index is 1.55. The molecule has 2 aliphatic heterocycles. The number of hydrogen-bond donors (Lipinski definition) is 2. The van der Waals surface area contributed by atoms with Gasteiger partial charge >= 0.3 is 0 Å². The fourth-order valence-electron chi connectivity index (χ4n) is 2.51. The lowest BCUT2D eigenvalue weighted by molar-refractivity contribution is -0.144. The van der Waals surface area contributed by atoms with Crippen LogP contribution < -0.4 is 20.5 Å². The molecule has 0 aromatic heterocycles. The van der Waals surface area contributed by atoms with Crippen LogP contribution in [0.25, 0.3) is 0 Å². The predicted molar refractivity (Wildman–Crippen MR) is 87.1 cm³/mol. The Morgan fingerprint density at radius 3 is 2.70 bits per heavy atom. The molecule has 1 fully saturated rings. The Bertz CT molecular complexity index is 570. The van der Waals surface area contributed by atoms with E-state index in [1.807, 2.05) is 25.1 Å². The van der Waals surface area contributed by atoms with Gasteiger partial charge in [-0.15, -0.1) is 0 Å². The fourth-order valence-corrected chi connectivity index (χ4v) is 2.51. The third-order valence-corrected chi connectivity index (χ3v) is 3.77. The molecule has 23 heavy (non-hydrogen) atoms. The summed E-state index contributed by atoms with van der Waals surface area (Å²) in [7, 11) is 0. The average Bonchev–Trinajstić information content (AvgIpc) is 2.82. The summed E-state index contributed by atoms with van der Waals surface area (Å²) in [5.41, 5.74) is 6.74. The summed E-state index contributed by atoms with van der Waals surface area (Å²) in [5.74, 6) is 1.28. The first-order valence-electron chi connectivity index (χ1n) is 7.89. The third-order valence-electron chi connectivity index (χ3n) is 3.77. The molecule has 3 N–H and O–H groups in total. The van der Waals surface area contributed by atoms with Gasteiger partial charge in [-0.2, -0.15) is 0 Å². The van der Waals surface area contributed by atoms with Gasteiger partial charge in [0, 0.05) is 31.1 Å². The van der Waals surface area contributed by atoms with Crippen LogP contribution in [0, 0.1) is 0 Å². The first kappa shape index (κ1) is 15.9. The van der Waals surface area contributed by atoms with Crippen LogP contribution in [-0.4, -0.2) is 44.7 Å². The molecular weight excluding hydrogens is 298 g/mol. The maximum Gasteiger partial charge on any atom is 0.193 e. The molecule has 1 aromatic rings. The largest absolute Gasteiger partial charge is 0.490 e. The normalized spacial score (nSPS) is 20.1. The zero-order chi connectivity index (χ0) is 16.1. The highest BCUT2D eigenvalue weighted by atomic mass is 16.7. The molecular formula is C16H23N3O4. The van der Waals surface area contributed by atoms with Gasteiger partial charge in [0.05, 0.1) is 26.4 Å². The monoisotopic (exact) mass is 321 g/mol. The topological polar surface area (TPSA) is 87.3 Å². The molecule has 0 unspecified atom stereocenters. The molecule has 1 aromatic carbocycles. The molecule has 1 saturated heterocycles. The molecule has 0 radical (unpaired) electrons. The van der Waals surface area contributed by atoms with E-state index in [1.165, 1.54) is 0 Å². The van der Waals surface area contributed by atoms with Gasteiger partial charge in [0.15, 0.2) is 23.2 Å². The summed E-state index contributed by atoms with van der Waals surface area (Å²) < 4.78 is 22.3. The first-order valence-corrected chi connectivity index (χ1v) is 7.89. The fraction of sp³-hybridized carbons (Fsp3) is 0.562. The molecule has 0 atom stereocenters. The molecule has 0 spiro atoms. The molecule has 0 aliphatic carbocycles. The van der Waals surface area contributed by atoms with Crippen LogP contribution in [0.5, 0.6) is 11.5 Å². The summed E-state index contributed by atoms with van der Waals surface area (Å²) in [6, 6.07) is 5.63. The molecule has 0 bridgehead atoms. The zero-order valence-electron chi connectivity index (χ0n) is 13.3. The van der Waals surface area contributed by atoms with E-state index in [-0.39, 0.29) is 0 Å². The number of guanidine groups is 1. The van der Waals surface area contributed by atoms with Gasteiger partial charge in [0.1, 0.15) is 0 Å². The lowest BCUT2D eigenvalue weighted by atomic mass is 10.2. The van der Waals surface area contributed by atoms with E-state index < -0.39 is 5.79 Å². The predicted octanol–water partition coefficient (Wildman–Crippen LogP) is 1.73. The number of ether oxygens (including phenoxy) is 4. The third kappa shape index (κ3) is 4.27. The van der Waals surface area contributed by atoms with Crippen LogP contribution in [0.1, 0.15) is 19.8 Å². The second kappa shape index (κ2) is 7.06. The van der Waals surface area contributed by atoms with E-state index in [0.717, 1.165) is 23.6 Å². The van der Waals surface area contributed by atoms with Crippen molar-refractivity contribution in [3.05, 3.63) is 18.2 Å². The minimum Gasteiger partial charge on any atom is -0.490 e. The van der Waals surface area contributed by atoms with Crippen LogP contribution in [0.3, 0.4) is 0 Å². The standard InChI is InChI=1S/C16H23N3O4/c1-16(22-9-10-23-16)5-6-18-15(17)19-12-3-4-13-14(11-12)21-8-2-7-20-13/h3-4,11H,2,5-10H2,1H3,(H3,17,18,19). The second-order valence-electron chi connectivity index (χ2n) is 5.68. The SMILES string of the molecule is CC1(CCN=C(N)Nc2ccc3c(c2)OCCCO3)OCCO1. The van der Waals surface area contributed by atoms with Crippen LogP contribution in [0.2, 0.25) is 0 Å². The summed E-state index contributed by atoms with van der Waals surface area (Å²) in [5, 5.41) is 3.06. The van der Waals surface area contributed by atoms with Gasteiger partial charge in [0.25, 0.3) is 0 Å². The van der Waals surface area contributed by atoms with Crippen molar-refractivity contribution in [1.82, 2.24) is 0 Å². The Labute approximate surface area is 135 Å². The summed E-state index contributed by atoms with van der Waals surface area (Å²) in [4.78, 5) is 4.31. The van der Waals surface area contributed by atoms with Gasteiger partial charge in [-0.05, 0) is 19.1 Å². The molecule has 0 amide bonds. The number of hydrogen-bond acceptors (Lipinski definition) is 5. The molecule has 0 saturated carbocycles. The Hall–Kier alpha value is -1.99. The number of nitrogens with zero attached hydrogens (tertiary/aromatic N) is 1. The smallest absolute Gasteiger partial charge is 0.193 e. The highest BCUT2D eigenvalue weighted by Gasteiger charge is 2.30. The maximum atomic E-state index is 5.93. The molecule has 7 heteroatoms. The molecule has 2 aliphatic rings. The van der Waals surface area contributed by atoms with Crippen molar-refractivity contribution in [2.24, 2.45) is 10.7 Å². The minimum absolute atomic E-state index is 0.348. The molecule has 2 heterocycles. The van der Waals surface area contributed by atoms with E-state index >= 15 is 0 Å². The van der Waals surface area contributed by atoms with Crippen molar-refractivity contribution >= 4 is 11.6 Å². The van der Waals surface area contributed by atoms with E-state index in [1.54, 1.807) is 0 Å². The number of aliphatic imine (C=N–C) groups is 1. The maximum absolute atomic E-state index is 5.93. The highest BCUT2D eigenvalue weighted by molar-refractivity contribution is 5.92. The molecule has 126 valence electrons. The average molecular weight is 321 g/mol. The van der Waals surface area contributed by atoms with Gasteiger partial charge in [0.2, 0.25) is 0 Å². The van der Waals surface area contributed by atoms with Gasteiger partial charge < -0.3 is 30.0 Å².